The third-order valence-electron chi connectivity index (χ3n) is 2.67. The number of carbonyl (C=O) groups excluding carboxylic acids is 1. The summed E-state index contributed by atoms with van der Waals surface area (Å²) in [7, 11) is 0. The molecule has 96 valence electrons. The number of carbonyl (C=O) groups is 1. The SMILES string of the molecule is CCCNC(=O)C(C)Nc1snc2ccccc12. The molecule has 1 aromatic heterocycles. The predicted octanol–water partition coefficient (Wildman–Crippen LogP) is 2.62. The third-order valence-corrected chi connectivity index (χ3v) is 3.48. The number of aromatic nitrogens is 1. The maximum absolute atomic E-state index is 11.8. The summed E-state index contributed by atoms with van der Waals surface area (Å²) in [5.41, 5.74) is 0.964. The second-order valence-electron chi connectivity index (χ2n) is 4.19. The number of nitrogens with zero attached hydrogens (tertiary/aromatic N) is 1. The van der Waals surface area contributed by atoms with Gasteiger partial charge in [-0.25, -0.2) is 0 Å². The summed E-state index contributed by atoms with van der Waals surface area (Å²) in [6.07, 6.45) is 0.946. The Hall–Kier alpha value is -1.62. The average molecular weight is 263 g/mol. The molecule has 0 spiro atoms. The topological polar surface area (TPSA) is 54.0 Å². The number of amides is 1. The normalized spacial score (nSPS) is 12.3. The van der Waals surface area contributed by atoms with Crippen molar-refractivity contribution in [3.63, 3.8) is 0 Å². The lowest BCUT2D eigenvalue weighted by atomic mass is 10.2. The van der Waals surface area contributed by atoms with Crippen LogP contribution < -0.4 is 10.6 Å². The van der Waals surface area contributed by atoms with Gasteiger partial charge in [-0.15, -0.1) is 0 Å². The molecule has 0 aliphatic heterocycles. The van der Waals surface area contributed by atoms with Crippen LogP contribution in [-0.2, 0) is 4.79 Å². The van der Waals surface area contributed by atoms with Gasteiger partial charge in [-0.2, -0.15) is 4.37 Å². The summed E-state index contributed by atoms with van der Waals surface area (Å²) in [5.74, 6) is 0.0225. The van der Waals surface area contributed by atoms with Gasteiger partial charge in [0, 0.05) is 11.9 Å². The molecule has 5 heteroatoms. The van der Waals surface area contributed by atoms with Crippen molar-refractivity contribution in [3.8, 4) is 0 Å². The minimum absolute atomic E-state index is 0.0225. The molecular weight excluding hydrogens is 246 g/mol. The van der Waals surface area contributed by atoms with Crippen LogP contribution in [0.15, 0.2) is 24.3 Å². The molecule has 1 atom stereocenters. The van der Waals surface area contributed by atoms with Gasteiger partial charge in [0.25, 0.3) is 0 Å². The summed E-state index contributed by atoms with van der Waals surface area (Å²) in [5, 5.41) is 8.11. The van der Waals surface area contributed by atoms with E-state index in [-0.39, 0.29) is 11.9 Å². The molecule has 0 aliphatic carbocycles. The number of hydrogen-bond donors (Lipinski definition) is 2. The van der Waals surface area contributed by atoms with Gasteiger partial charge in [-0.3, -0.25) is 4.79 Å². The zero-order chi connectivity index (χ0) is 13.0. The smallest absolute Gasteiger partial charge is 0.242 e. The van der Waals surface area contributed by atoms with Gasteiger partial charge in [0.05, 0.1) is 5.52 Å². The van der Waals surface area contributed by atoms with Crippen LogP contribution in [0, 0.1) is 0 Å². The summed E-state index contributed by atoms with van der Waals surface area (Å²) >= 11 is 1.39. The number of nitrogens with one attached hydrogen (secondary N) is 2. The van der Waals surface area contributed by atoms with Crippen LogP contribution in [0.5, 0.6) is 0 Å². The van der Waals surface area contributed by atoms with E-state index in [0.717, 1.165) is 22.3 Å². The highest BCUT2D eigenvalue weighted by molar-refractivity contribution is 7.11. The fourth-order valence-electron chi connectivity index (χ4n) is 1.66. The van der Waals surface area contributed by atoms with E-state index in [2.05, 4.69) is 15.0 Å². The first-order chi connectivity index (χ1) is 8.72. The number of rotatable bonds is 5. The third kappa shape index (κ3) is 2.79. The van der Waals surface area contributed by atoms with Crippen LogP contribution in [0.2, 0.25) is 0 Å². The van der Waals surface area contributed by atoms with Crippen molar-refractivity contribution in [2.24, 2.45) is 0 Å². The van der Waals surface area contributed by atoms with Gasteiger partial charge >= 0.3 is 0 Å². The molecule has 0 saturated heterocycles. The highest BCUT2D eigenvalue weighted by Gasteiger charge is 2.14. The maximum Gasteiger partial charge on any atom is 0.242 e. The lowest BCUT2D eigenvalue weighted by Gasteiger charge is -2.13. The maximum atomic E-state index is 11.8. The highest BCUT2D eigenvalue weighted by atomic mass is 32.1. The van der Waals surface area contributed by atoms with Crippen molar-refractivity contribution < 1.29 is 4.79 Å². The van der Waals surface area contributed by atoms with Crippen LogP contribution in [0.4, 0.5) is 5.00 Å². The van der Waals surface area contributed by atoms with E-state index in [9.17, 15) is 4.79 Å². The van der Waals surface area contributed by atoms with Gasteiger partial charge in [0.1, 0.15) is 11.0 Å². The average Bonchev–Trinajstić information content (AvgIpc) is 2.79. The highest BCUT2D eigenvalue weighted by Crippen LogP contribution is 2.27. The van der Waals surface area contributed by atoms with Gasteiger partial charge in [0.2, 0.25) is 5.91 Å². The lowest BCUT2D eigenvalue weighted by Crippen LogP contribution is -2.37. The van der Waals surface area contributed by atoms with E-state index in [1.165, 1.54) is 11.5 Å². The lowest BCUT2D eigenvalue weighted by molar-refractivity contribution is -0.121. The fourth-order valence-corrected chi connectivity index (χ4v) is 2.51. The Kier molecular flexibility index (Phi) is 4.15. The molecule has 1 aromatic carbocycles. The van der Waals surface area contributed by atoms with Crippen LogP contribution in [0.25, 0.3) is 10.9 Å². The summed E-state index contributed by atoms with van der Waals surface area (Å²) in [6.45, 7) is 4.61. The van der Waals surface area contributed by atoms with Crippen molar-refractivity contribution in [1.29, 1.82) is 0 Å². The van der Waals surface area contributed by atoms with Crippen molar-refractivity contribution >= 4 is 33.3 Å². The molecule has 0 radical (unpaired) electrons. The molecule has 2 aromatic rings. The van der Waals surface area contributed by atoms with Gasteiger partial charge < -0.3 is 10.6 Å². The Balaban J connectivity index is 2.07. The first kappa shape index (κ1) is 12.8. The Labute approximate surface area is 111 Å². The Morgan fingerprint density at radius 1 is 1.44 bits per heavy atom. The molecule has 2 rings (SSSR count). The van der Waals surface area contributed by atoms with Crippen molar-refractivity contribution in [2.75, 3.05) is 11.9 Å². The summed E-state index contributed by atoms with van der Waals surface area (Å²) in [6, 6.07) is 7.67. The zero-order valence-electron chi connectivity index (χ0n) is 10.6. The number of benzene rings is 1. The Bertz CT molecular complexity index is 538. The molecule has 4 nitrogen and oxygen atoms in total. The van der Waals surface area contributed by atoms with E-state index in [4.69, 9.17) is 0 Å². The molecule has 1 amide bonds. The van der Waals surface area contributed by atoms with Crippen molar-refractivity contribution in [3.05, 3.63) is 24.3 Å². The molecule has 1 heterocycles. The van der Waals surface area contributed by atoms with Gasteiger partial charge in [0.15, 0.2) is 0 Å². The summed E-state index contributed by atoms with van der Waals surface area (Å²) in [4.78, 5) is 11.8. The van der Waals surface area contributed by atoms with Crippen LogP contribution >= 0.6 is 11.5 Å². The van der Waals surface area contributed by atoms with Gasteiger partial charge in [-0.05, 0) is 37.0 Å². The van der Waals surface area contributed by atoms with Gasteiger partial charge in [-0.1, -0.05) is 19.1 Å². The number of hydrogen-bond acceptors (Lipinski definition) is 4. The minimum atomic E-state index is -0.250. The second-order valence-corrected chi connectivity index (χ2v) is 4.96. The van der Waals surface area contributed by atoms with Crippen molar-refractivity contribution in [1.82, 2.24) is 9.69 Å². The number of fused-ring (bicyclic) bond motifs is 1. The zero-order valence-corrected chi connectivity index (χ0v) is 11.4. The Morgan fingerprint density at radius 2 is 2.22 bits per heavy atom. The molecular formula is C13H17N3OS. The molecule has 0 fully saturated rings. The molecule has 0 aliphatic rings. The Morgan fingerprint density at radius 3 is 3.00 bits per heavy atom. The van der Waals surface area contributed by atoms with E-state index in [0.29, 0.717) is 6.54 Å². The fraction of sp³-hybridized carbons (Fsp3) is 0.385. The molecule has 1 unspecified atom stereocenters. The molecule has 0 bridgehead atoms. The summed E-state index contributed by atoms with van der Waals surface area (Å²) < 4.78 is 4.34. The predicted molar refractivity (Wildman–Crippen MR) is 76.0 cm³/mol. The van der Waals surface area contributed by atoms with E-state index >= 15 is 0 Å². The van der Waals surface area contributed by atoms with Crippen LogP contribution in [-0.4, -0.2) is 22.9 Å². The first-order valence-electron chi connectivity index (χ1n) is 6.11. The molecule has 0 saturated carbocycles. The minimum Gasteiger partial charge on any atom is -0.364 e. The second kappa shape index (κ2) is 5.82. The standard InChI is InChI=1S/C13H17N3OS/c1-3-8-14-12(17)9(2)15-13-10-6-4-5-7-11(10)16-18-13/h4-7,9,15H,3,8H2,1-2H3,(H,14,17). The van der Waals surface area contributed by atoms with Crippen LogP contribution in [0.3, 0.4) is 0 Å². The first-order valence-corrected chi connectivity index (χ1v) is 6.88. The molecule has 18 heavy (non-hydrogen) atoms. The van der Waals surface area contributed by atoms with E-state index in [1.54, 1.807) is 0 Å². The van der Waals surface area contributed by atoms with Crippen LogP contribution in [0.1, 0.15) is 20.3 Å². The largest absolute Gasteiger partial charge is 0.364 e. The molecule has 2 N–H and O–H groups in total. The number of anilines is 1. The quantitative estimate of drug-likeness (QED) is 0.872. The van der Waals surface area contributed by atoms with E-state index in [1.807, 2.05) is 38.1 Å². The van der Waals surface area contributed by atoms with Crippen molar-refractivity contribution in [2.45, 2.75) is 26.3 Å². The monoisotopic (exact) mass is 263 g/mol. The van der Waals surface area contributed by atoms with E-state index < -0.39 is 0 Å².